The van der Waals surface area contributed by atoms with E-state index in [4.69, 9.17) is 9.47 Å². The summed E-state index contributed by atoms with van der Waals surface area (Å²) in [4.78, 5) is 24.1. The van der Waals surface area contributed by atoms with Crippen LogP contribution in [-0.4, -0.2) is 26.0 Å². The molecule has 0 aliphatic heterocycles. The van der Waals surface area contributed by atoms with Gasteiger partial charge in [0.1, 0.15) is 5.82 Å². The summed E-state index contributed by atoms with van der Waals surface area (Å²) in [7, 11) is 2.93. The maximum absolute atomic E-state index is 13.2. The maximum Gasteiger partial charge on any atom is 0.270 e. The molecule has 126 valence electrons. The molecular weight excluding hydrogens is 383 g/mol. The molecule has 0 heterocycles. The number of nitrogens with one attached hydrogen (secondary N) is 2. The maximum atomic E-state index is 13.2. The van der Waals surface area contributed by atoms with E-state index in [1.165, 1.54) is 38.5 Å². The fourth-order valence-corrected chi connectivity index (χ4v) is 2.33. The summed E-state index contributed by atoms with van der Waals surface area (Å²) in [6.45, 7) is 0. The molecule has 0 saturated carbocycles. The average Bonchev–Trinajstić information content (AvgIpc) is 2.60. The number of ether oxygens (including phenoxy) is 2. The molecule has 0 saturated heterocycles. The van der Waals surface area contributed by atoms with Crippen LogP contribution < -0.4 is 20.3 Å². The van der Waals surface area contributed by atoms with Crippen LogP contribution in [-0.2, 0) is 0 Å². The second-order valence-corrected chi connectivity index (χ2v) is 5.46. The lowest BCUT2D eigenvalue weighted by Gasteiger charge is -2.11. The van der Waals surface area contributed by atoms with Gasteiger partial charge < -0.3 is 9.47 Å². The Morgan fingerprint density at radius 2 is 1.62 bits per heavy atom. The molecule has 0 bridgehead atoms. The molecule has 2 amide bonds. The number of hydrogen-bond donors (Lipinski definition) is 2. The molecule has 0 spiro atoms. The van der Waals surface area contributed by atoms with Crippen molar-refractivity contribution in [3.05, 3.63) is 57.8 Å². The van der Waals surface area contributed by atoms with Crippen LogP contribution in [0.1, 0.15) is 20.7 Å². The first-order valence-electron chi connectivity index (χ1n) is 6.74. The lowest BCUT2D eigenvalue weighted by Crippen LogP contribution is -2.41. The smallest absolute Gasteiger partial charge is 0.270 e. The minimum Gasteiger partial charge on any atom is -0.493 e. The quantitative estimate of drug-likeness (QED) is 0.778. The van der Waals surface area contributed by atoms with Crippen molar-refractivity contribution in [1.29, 1.82) is 0 Å². The molecule has 2 rings (SSSR count). The third kappa shape index (κ3) is 4.02. The van der Waals surface area contributed by atoms with Crippen LogP contribution in [0.3, 0.4) is 0 Å². The van der Waals surface area contributed by atoms with E-state index in [1.807, 2.05) is 0 Å². The van der Waals surface area contributed by atoms with Gasteiger partial charge in [-0.1, -0.05) is 0 Å². The number of carbonyl (C=O) groups excluding carboxylic acids is 2. The molecule has 0 unspecified atom stereocenters. The van der Waals surface area contributed by atoms with Crippen LogP contribution in [0, 0.1) is 5.82 Å². The average molecular weight is 397 g/mol. The molecule has 2 N–H and O–H groups in total. The van der Waals surface area contributed by atoms with Crippen molar-refractivity contribution in [3.8, 4) is 11.5 Å². The number of rotatable bonds is 4. The van der Waals surface area contributed by atoms with Gasteiger partial charge in [-0.3, -0.25) is 20.4 Å². The van der Waals surface area contributed by atoms with E-state index in [-0.39, 0.29) is 11.1 Å². The summed E-state index contributed by atoms with van der Waals surface area (Å²) in [5.41, 5.74) is 4.79. The Balaban J connectivity index is 2.07. The molecule has 2 aromatic rings. The molecular formula is C16H14BrFN2O4. The first kappa shape index (κ1) is 17.7. The van der Waals surface area contributed by atoms with E-state index in [2.05, 4.69) is 26.8 Å². The summed E-state index contributed by atoms with van der Waals surface area (Å²) in [6.07, 6.45) is 0. The number of amides is 2. The van der Waals surface area contributed by atoms with Crippen LogP contribution in [0.4, 0.5) is 4.39 Å². The highest BCUT2D eigenvalue weighted by Gasteiger charge is 2.14. The van der Waals surface area contributed by atoms with E-state index in [0.29, 0.717) is 16.0 Å². The zero-order valence-electron chi connectivity index (χ0n) is 12.9. The number of benzene rings is 2. The van der Waals surface area contributed by atoms with E-state index in [1.54, 1.807) is 6.07 Å². The Hall–Kier alpha value is -2.61. The van der Waals surface area contributed by atoms with Crippen molar-refractivity contribution in [2.24, 2.45) is 0 Å². The van der Waals surface area contributed by atoms with Gasteiger partial charge in [0, 0.05) is 10.0 Å². The van der Waals surface area contributed by atoms with Gasteiger partial charge in [-0.15, -0.1) is 0 Å². The Morgan fingerprint density at radius 1 is 0.958 bits per heavy atom. The summed E-state index contributed by atoms with van der Waals surface area (Å²) in [6, 6.07) is 8.23. The first-order chi connectivity index (χ1) is 11.5. The van der Waals surface area contributed by atoms with Crippen LogP contribution >= 0.6 is 15.9 Å². The largest absolute Gasteiger partial charge is 0.493 e. The molecule has 0 fully saturated rings. The van der Waals surface area contributed by atoms with Crippen molar-refractivity contribution >= 4 is 27.7 Å². The third-order valence-electron chi connectivity index (χ3n) is 3.11. The minimum atomic E-state index is -0.657. The van der Waals surface area contributed by atoms with Crippen molar-refractivity contribution in [3.63, 3.8) is 0 Å². The van der Waals surface area contributed by atoms with E-state index >= 15 is 0 Å². The third-order valence-corrected chi connectivity index (χ3v) is 3.80. The number of halogens is 2. The fraction of sp³-hybridized carbons (Fsp3) is 0.125. The zero-order chi connectivity index (χ0) is 17.7. The van der Waals surface area contributed by atoms with Gasteiger partial charge in [0.05, 0.1) is 19.8 Å². The minimum absolute atomic E-state index is 0.0580. The topological polar surface area (TPSA) is 76.7 Å². The lowest BCUT2D eigenvalue weighted by atomic mass is 10.2. The predicted molar refractivity (Wildman–Crippen MR) is 88.6 cm³/mol. The molecule has 8 heteroatoms. The summed E-state index contributed by atoms with van der Waals surface area (Å²) >= 11 is 3.15. The van der Waals surface area contributed by atoms with Gasteiger partial charge in [-0.25, -0.2) is 4.39 Å². The Labute approximate surface area is 146 Å². The first-order valence-corrected chi connectivity index (χ1v) is 7.53. The zero-order valence-corrected chi connectivity index (χ0v) is 14.4. The van der Waals surface area contributed by atoms with Crippen LogP contribution in [0.5, 0.6) is 11.5 Å². The fourth-order valence-electron chi connectivity index (χ4n) is 1.90. The van der Waals surface area contributed by atoms with Crippen molar-refractivity contribution in [2.75, 3.05) is 14.2 Å². The van der Waals surface area contributed by atoms with Crippen LogP contribution in [0.2, 0.25) is 0 Å². The standard InChI is InChI=1S/C16H14BrFN2O4/c1-23-13-6-3-9(7-14(13)24-2)15(21)19-20-16(22)11-8-10(18)4-5-12(11)17/h3-8H,1-2H3,(H,19,21)(H,20,22). The van der Waals surface area contributed by atoms with Gasteiger partial charge in [-0.05, 0) is 52.3 Å². The lowest BCUT2D eigenvalue weighted by molar-refractivity contribution is 0.0846. The Morgan fingerprint density at radius 3 is 2.29 bits per heavy atom. The van der Waals surface area contributed by atoms with Gasteiger partial charge in [0.15, 0.2) is 11.5 Å². The van der Waals surface area contributed by atoms with Crippen LogP contribution in [0.25, 0.3) is 0 Å². The van der Waals surface area contributed by atoms with Gasteiger partial charge in [0.2, 0.25) is 0 Å². The molecule has 0 atom stereocenters. The van der Waals surface area contributed by atoms with Gasteiger partial charge in [0.25, 0.3) is 11.8 Å². The summed E-state index contributed by atoms with van der Waals surface area (Å²) < 4.78 is 23.8. The van der Waals surface area contributed by atoms with Crippen LogP contribution in [0.15, 0.2) is 40.9 Å². The Kier molecular flexibility index (Phi) is 5.75. The normalized spacial score (nSPS) is 10.0. The molecule has 6 nitrogen and oxygen atoms in total. The summed E-state index contributed by atoms with van der Waals surface area (Å²) in [5, 5.41) is 0. The number of methoxy groups -OCH3 is 2. The Bertz CT molecular complexity index is 783. The molecule has 24 heavy (non-hydrogen) atoms. The van der Waals surface area contributed by atoms with Crippen molar-refractivity contribution < 1.29 is 23.5 Å². The van der Waals surface area contributed by atoms with E-state index in [9.17, 15) is 14.0 Å². The molecule has 0 aliphatic carbocycles. The highest BCUT2D eigenvalue weighted by molar-refractivity contribution is 9.10. The monoisotopic (exact) mass is 396 g/mol. The number of carbonyl (C=O) groups is 2. The molecule has 0 aromatic heterocycles. The molecule has 0 aliphatic rings. The second-order valence-electron chi connectivity index (χ2n) is 4.60. The van der Waals surface area contributed by atoms with Crippen molar-refractivity contribution in [1.82, 2.24) is 10.9 Å². The van der Waals surface area contributed by atoms with E-state index < -0.39 is 17.6 Å². The predicted octanol–water partition coefficient (Wildman–Crippen LogP) is 2.68. The van der Waals surface area contributed by atoms with E-state index in [0.717, 1.165) is 6.07 Å². The highest BCUT2D eigenvalue weighted by Crippen LogP contribution is 2.27. The van der Waals surface area contributed by atoms with Gasteiger partial charge in [-0.2, -0.15) is 0 Å². The molecule has 2 aromatic carbocycles. The van der Waals surface area contributed by atoms with Crippen molar-refractivity contribution in [2.45, 2.75) is 0 Å². The van der Waals surface area contributed by atoms with Gasteiger partial charge >= 0.3 is 0 Å². The number of hydrogen-bond acceptors (Lipinski definition) is 4. The highest BCUT2D eigenvalue weighted by atomic mass is 79.9. The second kappa shape index (κ2) is 7.78. The SMILES string of the molecule is COc1ccc(C(=O)NNC(=O)c2cc(F)ccc2Br)cc1OC. The number of hydrazine groups is 1. The summed E-state index contributed by atoms with van der Waals surface area (Å²) in [5.74, 6) is -0.923. The molecule has 0 radical (unpaired) electrons.